The molecule has 0 saturated carbocycles. The summed E-state index contributed by atoms with van der Waals surface area (Å²) in [4.78, 5) is 23.1. The summed E-state index contributed by atoms with van der Waals surface area (Å²) in [6.45, 7) is 6.28. The number of esters is 1. The number of rotatable bonds is 7. The number of carbonyl (C=O) groups excluding carboxylic acids is 2. The zero-order chi connectivity index (χ0) is 17.4. The van der Waals surface area contributed by atoms with Crippen LogP contribution in [0.15, 0.2) is 18.2 Å². The average Bonchev–Trinajstić information content (AvgIpc) is 2.54. The van der Waals surface area contributed by atoms with Gasteiger partial charge in [0.15, 0.2) is 11.5 Å². The first-order valence-electron chi connectivity index (χ1n) is 7.61. The van der Waals surface area contributed by atoms with E-state index in [1.54, 1.807) is 21.1 Å². The maximum atomic E-state index is 11.7. The molecule has 0 saturated heterocycles. The van der Waals surface area contributed by atoms with E-state index in [9.17, 15) is 9.59 Å². The van der Waals surface area contributed by atoms with Crippen molar-refractivity contribution < 1.29 is 23.8 Å². The van der Waals surface area contributed by atoms with Gasteiger partial charge >= 0.3 is 11.9 Å². The molecule has 0 aliphatic heterocycles. The summed E-state index contributed by atoms with van der Waals surface area (Å²) in [5.41, 5.74) is 1.00. The zero-order valence-electron chi connectivity index (χ0n) is 14.3. The lowest BCUT2D eigenvalue weighted by Crippen LogP contribution is -2.36. The summed E-state index contributed by atoms with van der Waals surface area (Å²) in [6, 6.07) is 5.65. The van der Waals surface area contributed by atoms with Gasteiger partial charge in [-0.15, -0.1) is 0 Å². The highest BCUT2D eigenvalue weighted by molar-refractivity contribution is 6.32. The Bertz CT molecular complexity index is 542. The lowest BCUT2D eigenvalue weighted by Gasteiger charge is -2.22. The molecule has 6 nitrogen and oxygen atoms in total. The predicted molar refractivity (Wildman–Crippen MR) is 86.8 cm³/mol. The summed E-state index contributed by atoms with van der Waals surface area (Å²) in [5.74, 6) is -0.00856. The Morgan fingerprint density at radius 1 is 1.13 bits per heavy atom. The lowest BCUT2D eigenvalue weighted by molar-refractivity contribution is -0.154. The average molecular weight is 323 g/mol. The molecule has 0 aliphatic carbocycles. The molecule has 0 radical (unpaired) electrons. The minimum Gasteiger partial charge on any atom is -0.493 e. The summed E-state index contributed by atoms with van der Waals surface area (Å²) in [6.07, 6.45) is 0. The second kappa shape index (κ2) is 9.02. The van der Waals surface area contributed by atoms with Gasteiger partial charge in [0.05, 0.1) is 20.8 Å². The van der Waals surface area contributed by atoms with E-state index in [-0.39, 0.29) is 18.4 Å². The molecular formula is C17H25NO5. The molecule has 23 heavy (non-hydrogen) atoms. The van der Waals surface area contributed by atoms with Gasteiger partial charge in [0.1, 0.15) is 0 Å². The van der Waals surface area contributed by atoms with Crippen molar-refractivity contribution in [2.45, 2.75) is 26.7 Å². The molecule has 1 rings (SSSR count). The molecule has 0 heterocycles. The highest BCUT2D eigenvalue weighted by atomic mass is 16.5. The Labute approximate surface area is 137 Å². The maximum absolute atomic E-state index is 11.7. The molecule has 1 unspecified atom stereocenters. The van der Waals surface area contributed by atoms with Gasteiger partial charge in [-0.2, -0.15) is 0 Å². The largest absolute Gasteiger partial charge is 0.493 e. The quantitative estimate of drug-likeness (QED) is 0.614. The summed E-state index contributed by atoms with van der Waals surface area (Å²) < 4.78 is 15.2. The highest BCUT2D eigenvalue weighted by Crippen LogP contribution is 2.33. The van der Waals surface area contributed by atoms with Crippen molar-refractivity contribution >= 4 is 11.9 Å². The Kier molecular flexibility index (Phi) is 7.38. The number of benzene rings is 1. The van der Waals surface area contributed by atoms with Crippen molar-refractivity contribution in [3.05, 3.63) is 23.8 Å². The van der Waals surface area contributed by atoms with Crippen LogP contribution in [-0.2, 0) is 14.3 Å². The van der Waals surface area contributed by atoms with Crippen LogP contribution in [0.4, 0.5) is 0 Å². The van der Waals surface area contributed by atoms with Gasteiger partial charge < -0.3 is 19.5 Å². The molecule has 1 aromatic carbocycles. The van der Waals surface area contributed by atoms with Crippen molar-refractivity contribution in [1.82, 2.24) is 5.32 Å². The van der Waals surface area contributed by atoms with Crippen molar-refractivity contribution in [1.29, 1.82) is 0 Å². The minimum absolute atomic E-state index is 0.0354. The van der Waals surface area contributed by atoms with Gasteiger partial charge in [-0.1, -0.05) is 19.9 Å². The van der Waals surface area contributed by atoms with E-state index in [0.29, 0.717) is 18.0 Å². The van der Waals surface area contributed by atoms with Crippen molar-refractivity contribution in [3.63, 3.8) is 0 Å². The van der Waals surface area contributed by atoms with Gasteiger partial charge in [-0.05, 0) is 30.5 Å². The molecule has 0 fully saturated rings. The molecule has 1 amide bonds. The SMILES string of the molecule is CCOC(=O)C(=O)NCC(c1ccc(OC)c(OC)c1)C(C)C. The first kappa shape index (κ1) is 18.8. The number of methoxy groups -OCH3 is 2. The second-order valence-electron chi connectivity index (χ2n) is 5.40. The van der Waals surface area contributed by atoms with E-state index in [1.165, 1.54) is 0 Å². The van der Waals surface area contributed by atoms with Crippen LogP contribution in [0.25, 0.3) is 0 Å². The third-order valence-corrected chi connectivity index (χ3v) is 3.58. The number of nitrogens with one attached hydrogen (secondary N) is 1. The van der Waals surface area contributed by atoms with Crippen molar-refractivity contribution in [2.75, 3.05) is 27.4 Å². The van der Waals surface area contributed by atoms with Crippen LogP contribution >= 0.6 is 0 Å². The van der Waals surface area contributed by atoms with E-state index in [4.69, 9.17) is 9.47 Å². The topological polar surface area (TPSA) is 73.9 Å². The predicted octanol–water partition coefficient (Wildman–Crippen LogP) is 2.12. The molecular weight excluding hydrogens is 298 g/mol. The summed E-state index contributed by atoms with van der Waals surface area (Å²) in [7, 11) is 3.16. The molecule has 0 spiro atoms. The van der Waals surface area contributed by atoms with Gasteiger partial charge in [-0.3, -0.25) is 4.79 Å². The first-order chi connectivity index (χ1) is 10.9. The monoisotopic (exact) mass is 323 g/mol. The fourth-order valence-electron chi connectivity index (χ4n) is 2.29. The molecule has 128 valence electrons. The summed E-state index contributed by atoms with van der Waals surface area (Å²) >= 11 is 0. The van der Waals surface area contributed by atoms with E-state index in [2.05, 4.69) is 23.9 Å². The van der Waals surface area contributed by atoms with Crippen molar-refractivity contribution in [3.8, 4) is 11.5 Å². The Hall–Kier alpha value is -2.24. The normalized spacial score (nSPS) is 11.7. The van der Waals surface area contributed by atoms with E-state index in [1.807, 2.05) is 18.2 Å². The third kappa shape index (κ3) is 5.16. The lowest BCUT2D eigenvalue weighted by atomic mass is 9.88. The fraction of sp³-hybridized carbons (Fsp3) is 0.529. The van der Waals surface area contributed by atoms with Gasteiger partial charge in [0.25, 0.3) is 0 Å². The number of ether oxygens (including phenoxy) is 3. The zero-order valence-corrected chi connectivity index (χ0v) is 14.3. The Balaban J connectivity index is 2.87. The van der Waals surface area contributed by atoms with Crippen LogP contribution in [0.3, 0.4) is 0 Å². The van der Waals surface area contributed by atoms with Crippen LogP contribution in [0.2, 0.25) is 0 Å². The third-order valence-electron chi connectivity index (χ3n) is 3.58. The minimum atomic E-state index is -0.859. The number of carbonyl (C=O) groups is 2. The number of hydrogen-bond donors (Lipinski definition) is 1. The molecule has 1 aromatic rings. The number of amides is 1. The Morgan fingerprint density at radius 2 is 1.78 bits per heavy atom. The standard InChI is InChI=1S/C17H25NO5/c1-6-23-17(20)16(19)18-10-13(11(2)3)12-7-8-14(21-4)15(9-12)22-5/h7-9,11,13H,6,10H2,1-5H3,(H,18,19). The van der Waals surface area contributed by atoms with Crippen LogP contribution < -0.4 is 14.8 Å². The smallest absolute Gasteiger partial charge is 0.396 e. The Morgan fingerprint density at radius 3 is 2.30 bits per heavy atom. The van der Waals surface area contributed by atoms with Crippen LogP contribution in [0.5, 0.6) is 11.5 Å². The van der Waals surface area contributed by atoms with E-state index in [0.717, 1.165) is 5.56 Å². The second-order valence-corrected chi connectivity index (χ2v) is 5.40. The molecule has 6 heteroatoms. The van der Waals surface area contributed by atoms with Gasteiger partial charge in [-0.25, -0.2) is 4.79 Å². The number of hydrogen-bond acceptors (Lipinski definition) is 5. The molecule has 1 N–H and O–H groups in total. The van der Waals surface area contributed by atoms with Gasteiger partial charge in [0, 0.05) is 12.5 Å². The first-order valence-corrected chi connectivity index (χ1v) is 7.61. The van der Waals surface area contributed by atoms with E-state index < -0.39 is 11.9 Å². The molecule has 1 atom stereocenters. The summed E-state index contributed by atoms with van der Waals surface area (Å²) in [5, 5.41) is 2.63. The van der Waals surface area contributed by atoms with Crippen LogP contribution in [-0.4, -0.2) is 39.2 Å². The van der Waals surface area contributed by atoms with Crippen LogP contribution in [0, 0.1) is 5.92 Å². The van der Waals surface area contributed by atoms with E-state index >= 15 is 0 Å². The van der Waals surface area contributed by atoms with Gasteiger partial charge in [0.2, 0.25) is 0 Å². The van der Waals surface area contributed by atoms with Crippen molar-refractivity contribution in [2.24, 2.45) is 5.92 Å². The fourth-order valence-corrected chi connectivity index (χ4v) is 2.29. The molecule has 0 bridgehead atoms. The maximum Gasteiger partial charge on any atom is 0.396 e. The molecule has 0 aromatic heterocycles. The molecule has 0 aliphatic rings. The highest BCUT2D eigenvalue weighted by Gasteiger charge is 2.21. The van der Waals surface area contributed by atoms with Crippen LogP contribution in [0.1, 0.15) is 32.3 Å².